The maximum atomic E-state index is 14.8. The first kappa shape index (κ1) is 27.8. The summed E-state index contributed by atoms with van der Waals surface area (Å²) in [5.41, 5.74) is 1.51. The Morgan fingerprint density at radius 1 is 0.528 bits per heavy atom. The van der Waals surface area contributed by atoms with Crippen LogP contribution in [0, 0.1) is 23.3 Å². The molecule has 0 saturated carbocycles. The van der Waals surface area contributed by atoms with Crippen molar-refractivity contribution < 1.29 is 22.3 Å². The fourth-order valence-electron chi connectivity index (χ4n) is 4.33. The van der Waals surface area contributed by atoms with Gasteiger partial charge in [0.15, 0.2) is 23.2 Å². The lowest BCUT2D eigenvalue weighted by atomic mass is 9.97. The first-order chi connectivity index (χ1) is 17.5. The Kier molecular flexibility index (Phi) is 10.8. The topological polar surface area (TPSA) is 9.23 Å². The maximum absolute atomic E-state index is 14.8. The van der Waals surface area contributed by atoms with Crippen molar-refractivity contribution in [2.45, 2.75) is 78.1 Å². The molecule has 0 aromatic heterocycles. The van der Waals surface area contributed by atoms with E-state index < -0.39 is 23.3 Å². The van der Waals surface area contributed by atoms with Crippen LogP contribution < -0.4 is 4.74 Å². The second-order valence-corrected chi connectivity index (χ2v) is 9.29. The highest BCUT2D eigenvalue weighted by molar-refractivity contribution is 5.71. The molecule has 0 fully saturated rings. The van der Waals surface area contributed by atoms with Gasteiger partial charge in [0.2, 0.25) is 5.82 Å². The summed E-state index contributed by atoms with van der Waals surface area (Å²) in [6.45, 7) is 4.56. The monoisotopic (exact) mass is 500 g/mol. The van der Waals surface area contributed by atoms with Crippen LogP contribution in [0.25, 0.3) is 22.3 Å². The summed E-state index contributed by atoms with van der Waals surface area (Å²) in [4.78, 5) is 0. The lowest BCUT2D eigenvalue weighted by molar-refractivity contribution is 0.285. The van der Waals surface area contributed by atoms with E-state index >= 15 is 0 Å². The molecule has 0 radical (unpaired) electrons. The zero-order valence-corrected chi connectivity index (χ0v) is 21.3. The maximum Gasteiger partial charge on any atom is 0.201 e. The molecule has 3 rings (SSSR count). The molecule has 0 saturated heterocycles. The number of unbranched alkanes of at least 4 members (excludes halogenated alkanes) is 7. The van der Waals surface area contributed by atoms with Crippen LogP contribution in [0.4, 0.5) is 17.6 Å². The molecule has 0 unspecified atom stereocenters. The molecule has 3 aromatic carbocycles. The van der Waals surface area contributed by atoms with Gasteiger partial charge in [-0.25, -0.2) is 13.2 Å². The summed E-state index contributed by atoms with van der Waals surface area (Å²) in [5.74, 6) is -3.82. The molecule has 36 heavy (non-hydrogen) atoms. The van der Waals surface area contributed by atoms with E-state index in [1.165, 1.54) is 31.4 Å². The highest BCUT2D eigenvalue weighted by Crippen LogP contribution is 2.33. The lowest BCUT2D eigenvalue weighted by Crippen LogP contribution is -2.02. The van der Waals surface area contributed by atoms with E-state index in [1.807, 2.05) is 0 Å². The van der Waals surface area contributed by atoms with Crippen LogP contribution in [0.5, 0.6) is 5.75 Å². The molecule has 5 heteroatoms. The zero-order chi connectivity index (χ0) is 25.9. The molecule has 0 heterocycles. The van der Waals surface area contributed by atoms with E-state index in [9.17, 15) is 17.6 Å². The Labute approximate surface area is 212 Å². The molecule has 0 bridgehead atoms. The van der Waals surface area contributed by atoms with Crippen molar-refractivity contribution >= 4 is 0 Å². The van der Waals surface area contributed by atoms with Crippen LogP contribution in [-0.2, 0) is 6.42 Å². The second kappa shape index (κ2) is 14.1. The van der Waals surface area contributed by atoms with Crippen LogP contribution in [-0.4, -0.2) is 6.61 Å². The summed E-state index contributed by atoms with van der Waals surface area (Å²) in [6.07, 6.45) is 9.76. The Balaban J connectivity index is 1.68. The van der Waals surface area contributed by atoms with Gasteiger partial charge in [0.1, 0.15) is 0 Å². The first-order valence-corrected chi connectivity index (χ1v) is 13.2. The number of halogens is 4. The minimum Gasteiger partial charge on any atom is -0.490 e. The van der Waals surface area contributed by atoms with Crippen LogP contribution >= 0.6 is 0 Å². The molecule has 0 aliphatic heterocycles. The minimum atomic E-state index is -1.02. The normalized spacial score (nSPS) is 11.2. The Morgan fingerprint density at radius 2 is 1.06 bits per heavy atom. The third-order valence-electron chi connectivity index (χ3n) is 6.52. The number of benzene rings is 3. The van der Waals surface area contributed by atoms with Crippen molar-refractivity contribution in [3.05, 3.63) is 77.4 Å². The van der Waals surface area contributed by atoms with Crippen LogP contribution in [0.2, 0.25) is 0 Å². The number of hydrogen-bond donors (Lipinski definition) is 0. The molecule has 194 valence electrons. The molecular weight excluding hydrogens is 464 g/mol. The average molecular weight is 501 g/mol. The van der Waals surface area contributed by atoms with E-state index in [0.29, 0.717) is 29.7 Å². The van der Waals surface area contributed by atoms with Gasteiger partial charge in [-0.05, 0) is 48.1 Å². The highest BCUT2D eigenvalue weighted by Gasteiger charge is 2.17. The van der Waals surface area contributed by atoms with Gasteiger partial charge in [-0.1, -0.05) is 95.2 Å². The van der Waals surface area contributed by atoms with Crippen molar-refractivity contribution in [3.63, 3.8) is 0 Å². The van der Waals surface area contributed by atoms with Crippen molar-refractivity contribution in [3.8, 4) is 28.0 Å². The summed E-state index contributed by atoms with van der Waals surface area (Å²) in [7, 11) is 0. The number of rotatable bonds is 14. The van der Waals surface area contributed by atoms with E-state index in [0.717, 1.165) is 38.5 Å². The van der Waals surface area contributed by atoms with E-state index in [4.69, 9.17) is 4.74 Å². The van der Waals surface area contributed by atoms with Gasteiger partial charge in [0.05, 0.1) is 6.61 Å². The fraction of sp³-hybridized carbons (Fsp3) is 0.419. The van der Waals surface area contributed by atoms with Crippen LogP contribution in [0.3, 0.4) is 0 Å². The quantitative estimate of drug-likeness (QED) is 0.158. The summed E-state index contributed by atoms with van der Waals surface area (Å²) in [5, 5.41) is 0. The average Bonchev–Trinajstić information content (AvgIpc) is 2.89. The summed E-state index contributed by atoms with van der Waals surface area (Å²) in [6, 6.07) is 12.4. The molecular formula is C31H36F4O. The Bertz CT molecular complexity index is 1110. The largest absolute Gasteiger partial charge is 0.490 e. The molecule has 0 atom stereocenters. The van der Waals surface area contributed by atoms with Gasteiger partial charge in [-0.2, -0.15) is 4.39 Å². The number of aryl methyl sites for hydroxylation is 1. The van der Waals surface area contributed by atoms with Gasteiger partial charge in [-0.3, -0.25) is 0 Å². The van der Waals surface area contributed by atoms with Crippen molar-refractivity contribution in [1.82, 2.24) is 0 Å². The van der Waals surface area contributed by atoms with Crippen LogP contribution in [0.1, 0.15) is 77.2 Å². The van der Waals surface area contributed by atoms with Crippen molar-refractivity contribution in [2.75, 3.05) is 6.61 Å². The third kappa shape index (κ3) is 7.11. The SMILES string of the molecule is CCCCCCCCOc1ccc(-c2ccc(-c3ccc(CCCCC)c(F)c3F)cc2)c(F)c1F. The van der Waals surface area contributed by atoms with Gasteiger partial charge in [0, 0.05) is 11.1 Å². The molecule has 0 aliphatic rings. The molecule has 0 N–H and O–H groups in total. The Morgan fingerprint density at radius 3 is 1.69 bits per heavy atom. The molecule has 0 aliphatic carbocycles. The summed E-state index contributed by atoms with van der Waals surface area (Å²) < 4.78 is 64.2. The van der Waals surface area contributed by atoms with Crippen molar-refractivity contribution in [1.29, 1.82) is 0 Å². The van der Waals surface area contributed by atoms with E-state index in [2.05, 4.69) is 13.8 Å². The second-order valence-electron chi connectivity index (χ2n) is 9.29. The predicted molar refractivity (Wildman–Crippen MR) is 139 cm³/mol. The fourth-order valence-corrected chi connectivity index (χ4v) is 4.33. The number of hydrogen-bond acceptors (Lipinski definition) is 1. The minimum absolute atomic E-state index is 0.0869. The highest BCUT2D eigenvalue weighted by atomic mass is 19.2. The standard InChI is InChI=1S/C31H36F4O/c1-3-5-7-8-9-11-21-36-27-20-19-26(30(34)31(27)35)23-15-13-22(14-16-23)25-18-17-24(12-10-6-4-2)28(32)29(25)33/h13-20H,3-12,21H2,1-2H3. The lowest BCUT2D eigenvalue weighted by Gasteiger charge is -2.12. The number of ether oxygens (including phenoxy) is 1. The van der Waals surface area contributed by atoms with Gasteiger partial charge in [-0.15, -0.1) is 0 Å². The predicted octanol–water partition coefficient (Wildman–Crippen LogP) is 10.0. The first-order valence-electron chi connectivity index (χ1n) is 13.2. The Hall–Kier alpha value is -2.82. The van der Waals surface area contributed by atoms with Gasteiger partial charge < -0.3 is 4.74 Å². The van der Waals surface area contributed by atoms with Gasteiger partial charge in [0.25, 0.3) is 0 Å². The third-order valence-corrected chi connectivity index (χ3v) is 6.52. The van der Waals surface area contributed by atoms with E-state index in [1.54, 1.807) is 36.4 Å². The van der Waals surface area contributed by atoms with E-state index in [-0.39, 0.29) is 16.9 Å². The molecule has 0 spiro atoms. The van der Waals surface area contributed by atoms with Crippen molar-refractivity contribution in [2.24, 2.45) is 0 Å². The zero-order valence-electron chi connectivity index (χ0n) is 21.3. The smallest absolute Gasteiger partial charge is 0.201 e. The molecule has 3 aromatic rings. The summed E-state index contributed by atoms with van der Waals surface area (Å²) >= 11 is 0. The van der Waals surface area contributed by atoms with Crippen LogP contribution in [0.15, 0.2) is 48.5 Å². The molecule has 0 amide bonds. The van der Waals surface area contributed by atoms with Gasteiger partial charge >= 0.3 is 0 Å². The molecule has 1 nitrogen and oxygen atoms in total.